The fourth-order valence-corrected chi connectivity index (χ4v) is 2.40. The van der Waals surface area contributed by atoms with Gasteiger partial charge in [0.15, 0.2) is 0 Å². The van der Waals surface area contributed by atoms with E-state index in [4.69, 9.17) is 10.2 Å². The first-order valence-electron chi connectivity index (χ1n) is 7.76. The van der Waals surface area contributed by atoms with Gasteiger partial charge in [-0.3, -0.25) is 9.59 Å². The summed E-state index contributed by atoms with van der Waals surface area (Å²) in [6.45, 7) is -1.05. The van der Waals surface area contributed by atoms with Gasteiger partial charge in [0.25, 0.3) is 0 Å². The van der Waals surface area contributed by atoms with Gasteiger partial charge < -0.3 is 10.2 Å². The Labute approximate surface area is 153 Å². The van der Waals surface area contributed by atoms with Gasteiger partial charge in [0.2, 0.25) is 0 Å². The molecular formula is C17H16N4O6. The van der Waals surface area contributed by atoms with E-state index >= 15 is 0 Å². The topological polar surface area (TPSA) is 140 Å². The third-order valence-electron chi connectivity index (χ3n) is 3.64. The Morgan fingerprint density at radius 1 is 0.704 bits per heavy atom. The summed E-state index contributed by atoms with van der Waals surface area (Å²) < 4.78 is 0. The zero-order chi connectivity index (χ0) is 19.8. The molecule has 0 heterocycles. The summed E-state index contributed by atoms with van der Waals surface area (Å²) in [4.78, 5) is 42.9. The molecule has 0 bridgehead atoms. The summed E-state index contributed by atoms with van der Waals surface area (Å²) in [6, 6.07) is 13.4. The van der Waals surface area contributed by atoms with E-state index in [1.807, 2.05) is 0 Å². The molecule has 0 saturated heterocycles. The summed E-state index contributed by atoms with van der Waals surface area (Å²) in [6.07, 6.45) is 0.543. The molecule has 0 radical (unpaired) electrons. The molecule has 0 aliphatic carbocycles. The van der Waals surface area contributed by atoms with E-state index in [-0.39, 0.29) is 0 Å². The molecule has 10 heteroatoms. The maximum atomic E-state index is 10.7. The average molecular weight is 372 g/mol. The van der Waals surface area contributed by atoms with Crippen LogP contribution in [-0.4, -0.2) is 35.2 Å². The van der Waals surface area contributed by atoms with Crippen LogP contribution >= 0.6 is 0 Å². The molecule has 0 amide bonds. The number of hydrogen-bond acceptors (Lipinski definition) is 6. The molecule has 27 heavy (non-hydrogen) atoms. The van der Waals surface area contributed by atoms with Gasteiger partial charge >= 0.3 is 11.9 Å². The van der Waals surface area contributed by atoms with Gasteiger partial charge in [-0.2, -0.15) is 0 Å². The molecule has 0 aromatic heterocycles. The van der Waals surface area contributed by atoms with Crippen molar-refractivity contribution < 1.29 is 19.8 Å². The SMILES string of the molecule is O=NN(CC(=O)O)c1ccc(Cc2ccc(N(CC(=O)O)N=O)cc2)cc1. The zero-order valence-corrected chi connectivity index (χ0v) is 14.1. The Morgan fingerprint density at radius 2 is 1.04 bits per heavy atom. The van der Waals surface area contributed by atoms with E-state index < -0.39 is 25.0 Å². The van der Waals surface area contributed by atoms with Crippen LogP contribution in [0.3, 0.4) is 0 Å². The van der Waals surface area contributed by atoms with Gasteiger partial charge in [0.1, 0.15) is 13.1 Å². The van der Waals surface area contributed by atoms with Crippen LogP contribution in [0.5, 0.6) is 0 Å². The molecule has 2 N–H and O–H groups in total. The van der Waals surface area contributed by atoms with E-state index in [1.54, 1.807) is 48.5 Å². The van der Waals surface area contributed by atoms with Crippen molar-refractivity contribution in [1.29, 1.82) is 0 Å². The average Bonchev–Trinajstić information content (AvgIpc) is 2.65. The fourth-order valence-electron chi connectivity index (χ4n) is 2.40. The zero-order valence-electron chi connectivity index (χ0n) is 14.1. The van der Waals surface area contributed by atoms with E-state index in [0.717, 1.165) is 21.1 Å². The number of hydrogen-bond donors (Lipinski definition) is 2. The van der Waals surface area contributed by atoms with Crippen molar-refractivity contribution in [2.75, 3.05) is 23.1 Å². The third kappa shape index (κ3) is 5.59. The van der Waals surface area contributed by atoms with Crippen LogP contribution in [0.1, 0.15) is 11.1 Å². The van der Waals surface area contributed by atoms with E-state index in [2.05, 4.69) is 10.6 Å². The van der Waals surface area contributed by atoms with E-state index in [1.165, 1.54) is 0 Å². The highest BCUT2D eigenvalue weighted by atomic mass is 16.4. The second-order valence-electron chi connectivity index (χ2n) is 5.58. The first-order valence-corrected chi connectivity index (χ1v) is 7.76. The maximum Gasteiger partial charge on any atom is 0.325 e. The second kappa shape index (κ2) is 9.04. The number of carbonyl (C=O) groups is 2. The Balaban J connectivity index is 2.06. The van der Waals surface area contributed by atoms with Crippen LogP contribution in [0.4, 0.5) is 11.4 Å². The normalized spacial score (nSPS) is 10.1. The standard InChI is InChI=1S/C17H16N4O6/c22-16(23)10-20(18-26)14-5-1-12(2-6-14)9-13-3-7-15(8-4-13)21(19-27)11-17(24)25/h1-8H,9-11H2,(H,22,23)(H,24,25). The van der Waals surface area contributed by atoms with Crippen molar-refractivity contribution in [2.45, 2.75) is 6.42 Å². The van der Waals surface area contributed by atoms with Crippen LogP contribution in [0.15, 0.2) is 59.1 Å². The number of benzene rings is 2. The van der Waals surface area contributed by atoms with Gasteiger partial charge in [-0.15, -0.1) is 9.81 Å². The molecule has 2 aromatic rings. The molecule has 0 aliphatic heterocycles. The Bertz CT molecular complexity index is 753. The van der Waals surface area contributed by atoms with Crippen LogP contribution in [0, 0.1) is 9.81 Å². The Kier molecular flexibility index (Phi) is 6.53. The molecule has 0 spiro atoms. The minimum Gasteiger partial charge on any atom is -0.480 e. The lowest BCUT2D eigenvalue weighted by Gasteiger charge is -2.14. The highest BCUT2D eigenvalue weighted by Gasteiger charge is 2.12. The molecule has 2 aromatic carbocycles. The number of anilines is 2. The summed E-state index contributed by atoms with van der Waals surface area (Å²) in [5, 5.41) is 24.6. The number of carboxylic acid groups (broad SMARTS) is 2. The number of nitrogens with zero attached hydrogens (tertiary/aromatic N) is 4. The van der Waals surface area contributed by atoms with Gasteiger partial charge in [-0.05, 0) is 41.8 Å². The lowest BCUT2D eigenvalue weighted by molar-refractivity contribution is -0.136. The number of rotatable bonds is 10. The van der Waals surface area contributed by atoms with Crippen molar-refractivity contribution in [3.8, 4) is 0 Å². The molecule has 140 valence electrons. The highest BCUT2D eigenvalue weighted by molar-refractivity contribution is 5.74. The van der Waals surface area contributed by atoms with Crippen LogP contribution < -0.4 is 10.0 Å². The smallest absolute Gasteiger partial charge is 0.325 e. The van der Waals surface area contributed by atoms with Gasteiger partial charge in [-0.1, -0.05) is 24.3 Å². The summed E-state index contributed by atoms with van der Waals surface area (Å²) in [7, 11) is 0. The summed E-state index contributed by atoms with van der Waals surface area (Å²) >= 11 is 0. The number of nitroso groups, excluding NO2 is 2. The summed E-state index contributed by atoms with van der Waals surface area (Å²) in [5.41, 5.74) is 2.55. The minimum absolute atomic E-state index is 0.368. The molecule has 0 saturated carbocycles. The molecule has 10 nitrogen and oxygen atoms in total. The first kappa shape index (κ1) is 19.5. The molecule has 0 atom stereocenters. The van der Waals surface area contributed by atoms with Crippen LogP contribution in [0.25, 0.3) is 0 Å². The number of carboxylic acids is 2. The number of aliphatic carboxylic acids is 2. The largest absolute Gasteiger partial charge is 0.480 e. The predicted molar refractivity (Wildman–Crippen MR) is 97.2 cm³/mol. The summed E-state index contributed by atoms with van der Waals surface area (Å²) in [5.74, 6) is -2.33. The lowest BCUT2D eigenvalue weighted by atomic mass is 10.0. The molecular weight excluding hydrogens is 356 g/mol. The van der Waals surface area contributed by atoms with Gasteiger partial charge in [0.05, 0.1) is 21.9 Å². The predicted octanol–water partition coefficient (Wildman–Crippen LogP) is 2.42. The molecule has 0 fully saturated rings. The quantitative estimate of drug-likeness (QED) is 0.478. The highest BCUT2D eigenvalue weighted by Crippen LogP contribution is 2.20. The molecule has 0 aliphatic rings. The Morgan fingerprint density at radius 3 is 1.30 bits per heavy atom. The van der Waals surface area contributed by atoms with E-state index in [9.17, 15) is 19.4 Å². The van der Waals surface area contributed by atoms with Crippen molar-refractivity contribution in [1.82, 2.24) is 0 Å². The van der Waals surface area contributed by atoms with Gasteiger partial charge in [-0.25, -0.2) is 10.0 Å². The fraction of sp³-hybridized carbons (Fsp3) is 0.176. The van der Waals surface area contributed by atoms with Crippen molar-refractivity contribution >= 4 is 23.3 Å². The third-order valence-corrected chi connectivity index (χ3v) is 3.64. The first-order chi connectivity index (χ1) is 12.9. The second-order valence-corrected chi connectivity index (χ2v) is 5.58. The minimum atomic E-state index is -1.17. The van der Waals surface area contributed by atoms with E-state index in [0.29, 0.717) is 17.8 Å². The lowest BCUT2D eigenvalue weighted by Crippen LogP contribution is -2.23. The van der Waals surface area contributed by atoms with Crippen molar-refractivity contribution in [3.05, 3.63) is 69.5 Å². The van der Waals surface area contributed by atoms with Crippen molar-refractivity contribution in [2.24, 2.45) is 10.6 Å². The van der Waals surface area contributed by atoms with Gasteiger partial charge in [0, 0.05) is 0 Å². The Hall–Kier alpha value is -3.82. The molecule has 0 unspecified atom stereocenters. The van der Waals surface area contributed by atoms with Crippen LogP contribution in [-0.2, 0) is 16.0 Å². The van der Waals surface area contributed by atoms with Crippen molar-refractivity contribution in [3.63, 3.8) is 0 Å². The van der Waals surface area contributed by atoms with Crippen LogP contribution in [0.2, 0.25) is 0 Å². The maximum absolute atomic E-state index is 10.7. The molecule has 2 rings (SSSR count). The monoisotopic (exact) mass is 372 g/mol.